The molecule has 14 rings (SSSR count). The van der Waals surface area contributed by atoms with Gasteiger partial charge in [0.2, 0.25) is 23.6 Å². The predicted octanol–water partition coefficient (Wildman–Crippen LogP) is 12.9. The fraction of sp³-hybridized carbons (Fsp3) is 0.239. The minimum absolute atomic E-state index is 0.146. The van der Waals surface area contributed by atoms with Gasteiger partial charge in [-0.3, -0.25) is 52.8 Å². The molecule has 0 radical (unpaired) electrons. The van der Waals surface area contributed by atoms with Crippen LogP contribution in [0.3, 0.4) is 0 Å². The second-order valence-corrected chi connectivity index (χ2v) is 27.6. The normalized spacial score (nSPS) is 16.6. The van der Waals surface area contributed by atoms with E-state index < -0.39 is 62.2 Å². The summed E-state index contributed by atoms with van der Waals surface area (Å²) >= 11 is 10.8. The van der Waals surface area contributed by atoms with Gasteiger partial charge in [-0.05, 0) is 127 Å². The van der Waals surface area contributed by atoms with Crippen LogP contribution in [0.4, 0.5) is 17.6 Å². The summed E-state index contributed by atoms with van der Waals surface area (Å²) in [5, 5.41) is 8.83. The van der Waals surface area contributed by atoms with Crippen LogP contribution in [0.15, 0.2) is 172 Å². The fourth-order valence-electron chi connectivity index (χ4n) is 11.4. The molecule has 3 aliphatic heterocycles. The van der Waals surface area contributed by atoms with E-state index in [1.54, 1.807) is 50.0 Å². The molecule has 0 saturated carbocycles. The monoisotopic (exact) mass is 1590 g/mol. The number of hydrogen-bond acceptors (Lipinski definition) is 16. The molecule has 0 bridgehead atoms. The second kappa shape index (κ2) is 31.9. The first-order valence-corrected chi connectivity index (χ1v) is 35.4. The molecule has 0 aliphatic carbocycles. The standard InChI is InChI=1S/C24H20BrN3O3.C16H12BrN3O2.C14H14F3NO6S.C11H7BrN2.CH3F.CH4O3S/c1-31-16-9-7-15(8-10-16)14-27-21(29)12-11-20(24(27)30)28-19-6-2-5-18(25)22(19)17-4-3-13-26-23(17)28;17-10-4-1-5-11-14(10)9-3-2-8-18-15(9)20(11)12-6-7-13(21)19-16(12)22;1-23-10-4-2-9(3-5-10)8-18-12(19)7-6-11(13(18)20)24-25(21,22)14(15,16)17;12-8-4-1-5-9-10(8)7-3-2-6-13-11(7)14-9;1-2;1-5(2,3)4/h2-10,13,20H,11-12,14H2,1H3;1-5,8,12H,6-7H2,(H,19,21,22);2-5,11H,6-8H2,1H3;1-6H,(H,13,14);1H3;1H3,(H,2,3,4). The van der Waals surface area contributed by atoms with E-state index in [1.807, 2.05) is 112 Å². The maximum absolute atomic E-state index is 13.6. The summed E-state index contributed by atoms with van der Waals surface area (Å²) in [4.78, 5) is 92.7. The van der Waals surface area contributed by atoms with Gasteiger partial charge in [-0.15, -0.1) is 0 Å². The number of likely N-dealkylation sites (tertiary alicyclic amines) is 2. The Morgan fingerprint density at radius 1 is 0.556 bits per heavy atom. The molecule has 5 aromatic carbocycles. The highest BCUT2D eigenvalue weighted by molar-refractivity contribution is 9.11. The van der Waals surface area contributed by atoms with E-state index in [2.05, 4.69) is 89.4 Å². The van der Waals surface area contributed by atoms with Crippen molar-refractivity contribution in [3.8, 4) is 11.5 Å². The zero-order chi connectivity index (χ0) is 71.7. The molecule has 3 atom stereocenters. The highest BCUT2D eigenvalue weighted by Gasteiger charge is 2.51. The van der Waals surface area contributed by atoms with E-state index in [1.165, 1.54) is 17.4 Å². The maximum atomic E-state index is 13.6. The number of aromatic nitrogens is 6. The molecule has 23 nitrogen and oxygen atoms in total. The van der Waals surface area contributed by atoms with Gasteiger partial charge in [0.25, 0.3) is 21.9 Å². The lowest BCUT2D eigenvalue weighted by atomic mass is 10.0. The number of rotatable bonds is 10. The van der Waals surface area contributed by atoms with E-state index in [9.17, 15) is 63.2 Å². The van der Waals surface area contributed by atoms with Crippen LogP contribution in [0.1, 0.15) is 61.7 Å². The van der Waals surface area contributed by atoms with Gasteiger partial charge in [0.05, 0.1) is 51.8 Å². The van der Waals surface area contributed by atoms with Crippen LogP contribution >= 0.6 is 47.8 Å². The number of piperidine rings is 3. The van der Waals surface area contributed by atoms with Gasteiger partial charge in [-0.2, -0.15) is 30.0 Å². The Morgan fingerprint density at radius 3 is 1.47 bits per heavy atom. The predicted molar refractivity (Wildman–Crippen MR) is 372 cm³/mol. The van der Waals surface area contributed by atoms with Crippen molar-refractivity contribution in [1.29, 1.82) is 0 Å². The Kier molecular flexibility index (Phi) is 23.9. The van der Waals surface area contributed by atoms with Crippen molar-refractivity contribution in [1.82, 2.24) is 44.2 Å². The number of benzene rings is 5. The number of halogens is 7. The third-order valence-electron chi connectivity index (χ3n) is 15.7. The third kappa shape index (κ3) is 17.0. The van der Waals surface area contributed by atoms with Crippen LogP contribution in [0.5, 0.6) is 11.5 Å². The molecule has 3 aliphatic rings. The molecule has 3 unspecified atom stereocenters. The highest BCUT2D eigenvalue weighted by Crippen LogP contribution is 2.40. The molecule has 3 saturated heterocycles. The minimum atomic E-state index is -5.93. The summed E-state index contributed by atoms with van der Waals surface area (Å²) in [6.07, 6.45) is 4.95. The summed E-state index contributed by atoms with van der Waals surface area (Å²) in [5.41, 5.74) is 1.20. The van der Waals surface area contributed by atoms with Crippen molar-refractivity contribution in [2.45, 2.75) is 75.3 Å². The molecule has 32 heteroatoms. The quantitative estimate of drug-likeness (QED) is 0.0377. The van der Waals surface area contributed by atoms with Crippen molar-refractivity contribution in [3.63, 3.8) is 0 Å². The number of aromatic amines is 1. The fourth-order valence-corrected chi connectivity index (χ4v) is 13.7. The van der Waals surface area contributed by atoms with Gasteiger partial charge in [0, 0.05) is 89.1 Å². The first-order valence-electron chi connectivity index (χ1n) is 29.8. The molecular formula is C67H60Br3F4N9O14S2. The maximum Gasteiger partial charge on any atom is 0.523 e. The molecule has 518 valence electrons. The van der Waals surface area contributed by atoms with Crippen LogP contribution in [0.2, 0.25) is 0 Å². The molecule has 3 fully saturated rings. The number of fused-ring (bicyclic) bond motifs is 9. The molecule has 99 heavy (non-hydrogen) atoms. The number of pyridine rings is 3. The van der Waals surface area contributed by atoms with E-state index in [0.717, 1.165) is 85.2 Å². The molecule has 11 aromatic rings. The SMILES string of the molecule is Brc1cccc2[nH]c3ncccc3c12.CF.COc1ccc(CN2C(=O)CCC(OS(=O)(=O)C(F)(F)F)C2=O)cc1.COc1ccc(CN2C(=O)CCC(n3c4cccc(Br)c4c4cccnc43)C2=O)cc1.CS(=O)(=O)O.O=C1CCC(n2c3cccc(Br)c3c3cccnc32)C(=O)N1. The third-order valence-corrected chi connectivity index (χ3v) is 18.8. The Balaban J connectivity index is 0.000000153. The van der Waals surface area contributed by atoms with Gasteiger partial charge >= 0.3 is 15.6 Å². The van der Waals surface area contributed by atoms with Crippen LogP contribution < -0.4 is 14.8 Å². The highest BCUT2D eigenvalue weighted by atomic mass is 79.9. The number of methoxy groups -OCH3 is 2. The minimum Gasteiger partial charge on any atom is -0.497 e. The van der Waals surface area contributed by atoms with Crippen molar-refractivity contribution < 1.29 is 81.4 Å². The first-order chi connectivity index (χ1) is 47.2. The van der Waals surface area contributed by atoms with E-state index in [-0.39, 0.29) is 43.1 Å². The van der Waals surface area contributed by atoms with Crippen LogP contribution in [-0.4, -0.2) is 135 Å². The lowest BCUT2D eigenvalue weighted by Gasteiger charge is -2.32. The summed E-state index contributed by atoms with van der Waals surface area (Å²) in [7, 11) is -6.03. The van der Waals surface area contributed by atoms with Crippen LogP contribution in [-0.2, 0) is 66.3 Å². The molecule has 6 amide bonds. The van der Waals surface area contributed by atoms with Gasteiger partial charge < -0.3 is 23.6 Å². The Morgan fingerprint density at radius 2 is 0.990 bits per heavy atom. The van der Waals surface area contributed by atoms with Gasteiger partial charge in [-0.1, -0.05) is 90.3 Å². The lowest BCUT2D eigenvalue weighted by molar-refractivity contribution is -0.156. The zero-order valence-electron chi connectivity index (χ0n) is 52.7. The number of nitrogens with one attached hydrogen (secondary N) is 2. The summed E-state index contributed by atoms with van der Waals surface area (Å²) in [5.74, 6) is -1.29. The Labute approximate surface area is 588 Å². The molecule has 3 N–H and O–H groups in total. The second-order valence-electron chi connectivity index (χ2n) is 22.1. The van der Waals surface area contributed by atoms with Crippen LogP contribution in [0, 0.1) is 0 Å². The number of imide groups is 3. The molecule has 9 heterocycles. The number of alkyl halides is 4. The van der Waals surface area contributed by atoms with E-state index in [0.29, 0.717) is 55.3 Å². The van der Waals surface area contributed by atoms with Crippen molar-refractivity contribution in [2.24, 2.45) is 0 Å². The number of H-pyrrole nitrogens is 1. The Hall–Kier alpha value is -9.05. The zero-order valence-corrected chi connectivity index (χ0v) is 59.1. The van der Waals surface area contributed by atoms with Gasteiger partial charge in [0.15, 0.2) is 6.10 Å². The number of amides is 6. The number of hydrogen-bond donors (Lipinski definition) is 3. The van der Waals surface area contributed by atoms with Crippen molar-refractivity contribution in [3.05, 3.63) is 183 Å². The molecular weight excluding hydrogens is 1530 g/mol. The Bertz CT molecular complexity index is 5090. The first kappa shape index (κ1) is 74.2. The van der Waals surface area contributed by atoms with Crippen molar-refractivity contribution >= 4 is 169 Å². The van der Waals surface area contributed by atoms with E-state index in [4.69, 9.17) is 14.0 Å². The lowest BCUT2D eigenvalue weighted by Crippen LogP contribution is -2.49. The average molecular weight is 1600 g/mol. The number of ether oxygens (including phenoxy) is 2. The van der Waals surface area contributed by atoms with E-state index >= 15 is 0 Å². The smallest absolute Gasteiger partial charge is 0.497 e. The summed E-state index contributed by atoms with van der Waals surface area (Å²) < 4.78 is 116. The topological polar surface area (TPSA) is 301 Å². The average Bonchev–Trinajstić information content (AvgIpc) is 1.60. The molecule has 0 spiro atoms. The number of carbonyl (C=O) groups is 6. The van der Waals surface area contributed by atoms with Crippen molar-refractivity contribution in [2.75, 3.05) is 27.7 Å². The largest absolute Gasteiger partial charge is 0.523 e. The van der Waals surface area contributed by atoms with Gasteiger partial charge in [0.1, 0.15) is 40.5 Å². The number of carbonyl (C=O) groups excluding carboxylic acids is 6. The summed E-state index contributed by atoms with van der Waals surface area (Å²) in [6, 6.07) is 42.6. The van der Waals surface area contributed by atoms with Gasteiger partial charge in [-0.25, -0.2) is 19.1 Å². The van der Waals surface area contributed by atoms with Crippen LogP contribution in [0.25, 0.3) is 65.8 Å². The summed E-state index contributed by atoms with van der Waals surface area (Å²) in [6.45, 7) is 0.0278. The number of nitrogens with zero attached hydrogens (tertiary/aromatic N) is 7. The molecule has 6 aromatic heterocycles.